The van der Waals surface area contributed by atoms with Gasteiger partial charge in [0, 0.05) is 12.1 Å². The molecule has 0 amide bonds. The zero-order valence-electron chi connectivity index (χ0n) is 14.8. The first-order valence-electron chi connectivity index (χ1n) is 8.37. The lowest BCUT2D eigenvalue weighted by molar-refractivity contribution is -0.912. The lowest BCUT2D eigenvalue weighted by Gasteiger charge is -2.25. The van der Waals surface area contributed by atoms with Crippen molar-refractivity contribution in [3.8, 4) is 17.2 Å². The monoisotopic (exact) mass is 342 g/mol. The number of methoxy groups -OCH3 is 3. The van der Waals surface area contributed by atoms with Crippen LogP contribution < -0.4 is 24.4 Å². The Kier molecular flexibility index (Phi) is 7.58. The quantitative estimate of drug-likeness (QED) is 0.486. The second-order valence-electron chi connectivity index (χ2n) is 5.96. The van der Waals surface area contributed by atoms with E-state index in [9.17, 15) is 5.11 Å². The fraction of sp³-hybridized carbons (Fsp3) is 0.647. The minimum absolute atomic E-state index is 0.340. The first kappa shape index (κ1) is 18.8. The maximum Gasteiger partial charge on any atom is 0.151 e. The van der Waals surface area contributed by atoms with Crippen LogP contribution in [0.3, 0.4) is 0 Å². The number of aliphatic hydroxyl groups excluding tert-OH is 1. The number of ether oxygens (including phenoxy) is 4. The standard InChI is InChI=1S/C17H28N2O5/c1-21-14-8-16(22-2)15(17(9-14)23-3)11-18-10-13(20)12-19-4-6-24-7-5-19/h8-9,13,18,20H,4-7,10-12H2,1-3H3/p+2/t13-/m0/s1. The third-order valence-electron chi connectivity index (χ3n) is 4.33. The average molecular weight is 342 g/mol. The van der Waals surface area contributed by atoms with Gasteiger partial charge in [-0.1, -0.05) is 0 Å². The van der Waals surface area contributed by atoms with E-state index in [0.29, 0.717) is 18.8 Å². The van der Waals surface area contributed by atoms with Gasteiger partial charge in [-0.2, -0.15) is 0 Å². The molecule has 7 heteroatoms. The molecule has 0 aliphatic carbocycles. The van der Waals surface area contributed by atoms with Crippen LogP contribution in [-0.4, -0.2) is 71.9 Å². The number of rotatable bonds is 9. The molecule has 1 fully saturated rings. The van der Waals surface area contributed by atoms with E-state index in [1.807, 2.05) is 12.1 Å². The lowest BCUT2D eigenvalue weighted by Crippen LogP contribution is -3.15. The molecule has 1 heterocycles. The Hall–Kier alpha value is -1.54. The van der Waals surface area contributed by atoms with Crippen LogP contribution >= 0.6 is 0 Å². The predicted molar refractivity (Wildman–Crippen MR) is 89.0 cm³/mol. The third kappa shape index (κ3) is 5.24. The molecule has 1 aliphatic rings. The summed E-state index contributed by atoms with van der Waals surface area (Å²) >= 11 is 0. The molecule has 1 aromatic carbocycles. The summed E-state index contributed by atoms with van der Waals surface area (Å²) in [4.78, 5) is 1.40. The van der Waals surface area contributed by atoms with Crippen molar-refractivity contribution >= 4 is 0 Å². The molecule has 7 nitrogen and oxygen atoms in total. The van der Waals surface area contributed by atoms with Crippen LogP contribution in [-0.2, 0) is 11.3 Å². The van der Waals surface area contributed by atoms with Crippen LogP contribution in [0, 0.1) is 0 Å². The molecule has 2 rings (SSSR count). The molecule has 4 N–H and O–H groups in total. The Bertz CT molecular complexity index is 481. The van der Waals surface area contributed by atoms with Gasteiger partial charge in [0.2, 0.25) is 0 Å². The summed E-state index contributed by atoms with van der Waals surface area (Å²) in [6.45, 7) is 5.58. The predicted octanol–water partition coefficient (Wildman–Crippen LogP) is -1.95. The number of hydrogen-bond acceptors (Lipinski definition) is 5. The van der Waals surface area contributed by atoms with Crippen LogP contribution in [0.2, 0.25) is 0 Å². The summed E-state index contributed by atoms with van der Waals surface area (Å²) in [7, 11) is 4.88. The maximum absolute atomic E-state index is 10.2. The van der Waals surface area contributed by atoms with Gasteiger partial charge >= 0.3 is 0 Å². The molecule has 1 aliphatic heterocycles. The molecule has 0 bridgehead atoms. The molecule has 1 saturated heterocycles. The summed E-state index contributed by atoms with van der Waals surface area (Å²) in [5, 5.41) is 12.3. The zero-order valence-corrected chi connectivity index (χ0v) is 14.8. The summed E-state index contributed by atoms with van der Waals surface area (Å²) in [5.41, 5.74) is 0.965. The lowest BCUT2D eigenvalue weighted by atomic mass is 10.1. The van der Waals surface area contributed by atoms with E-state index in [0.717, 1.165) is 49.9 Å². The second-order valence-corrected chi connectivity index (χ2v) is 5.96. The van der Waals surface area contributed by atoms with E-state index < -0.39 is 0 Å². The molecule has 0 radical (unpaired) electrons. The highest BCUT2D eigenvalue weighted by Crippen LogP contribution is 2.33. The molecular weight excluding hydrogens is 312 g/mol. The topological polar surface area (TPSA) is 78.2 Å². The zero-order chi connectivity index (χ0) is 17.4. The molecule has 0 spiro atoms. The minimum Gasteiger partial charge on any atom is -0.496 e. The van der Waals surface area contributed by atoms with Crippen molar-refractivity contribution < 1.29 is 34.3 Å². The van der Waals surface area contributed by atoms with Crippen molar-refractivity contribution in [1.82, 2.24) is 0 Å². The van der Waals surface area contributed by atoms with Gasteiger partial charge in [-0.15, -0.1) is 0 Å². The number of nitrogens with two attached hydrogens (primary N) is 1. The van der Waals surface area contributed by atoms with Gasteiger partial charge in [-0.3, -0.25) is 0 Å². The smallest absolute Gasteiger partial charge is 0.151 e. The van der Waals surface area contributed by atoms with E-state index in [-0.39, 0.29) is 6.10 Å². The SMILES string of the molecule is COc1cc(OC)c(C[NH2+]C[C@H](O)C[NH+]2CCOCC2)c(OC)c1. The van der Waals surface area contributed by atoms with Crippen LogP contribution in [0.5, 0.6) is 17.2 Å². The van der Waals surface area contributed by atoms with Gasteiger partial charge in [-0.05, 0) is 0 Å². The molecule has 0 unspecified atom stereocenters. The van der Waals surface area contributed by atoms with E-state index >= 15 is 0 Å². The number of aliphatic hydroxyl groups is 1. The second kappa shape index (κ2) is 9.68. The minimum atomic E-state index is -0.340. The molecule has 0 saturated carbocycles. The first-order chi connectivity index (χ1) is 11.7. The number of hydrogen-bond donors (Lipinski definition) is 3. The van der Waals surface area contributed by atoms with Crippen LogP contribution in [0.1, 0.15) is 5.56 Å². The van der Waals surface area contributed by atoms with E-state index in [1.54, 1.807) is 21.3 Å². The van der Waals surface area contributed by atoms with E-state index in [2.05, 4.69) is 5.32 Å². The largest absolute Gasteiger partial charge is 0.496 e. The van der Waals surface area contributed by atoms with Gasteiger partial charge in [0.05, 0.1) is 40.1 Å². The molecular formula is C17H30N2O5+2. The van der Waals surface area contributed by atoms with Crippen molar-refractivity contribution in [2.24, 2.45) is 0 Å². The van der Waals surface area contributed by atoms with Crippen LogP contribution in [0.15, 0.2) is 12.1 Å². The van der Waals surface area contributed by atoms with Crippen molar-refractivity contribution in [1.29, 1.82) is 0 Å². The highest BCUT2D eigenvalue weighted by molar-refractivity contribution is 5.50. The number of benzene rings is 1. The van der Waals surface area contributed by atoms with Crippen LogP contribution in [0.25, 0.3) is 0 Å². The van der Waals surface area contributed by atoms with Crippen molar-refractivity contribution in [3.05, 3.63) is 17.7 Å². The number of nitrogens with one attached hydrogen (secondary N) is 1. The molecule has 1 atom stereocenters. The number of quaternary nitrogens is 2. The van der Waals surface area contributed by atoms with Gasteiger partial charge in [0.25, 0.3) is 0 Å². The molecule has 0 aromatic heterocycles. The van der Waals surface area contributed by atoms with Crippen molar-refractivity contribution in [2.75, 3.05) is 60.7 Å². The van der Waals surface area contributed by atoms with Crippen molar-refractivity contribution in [2.45, 2.75) is 12.6 Å². The average Bonchev–Trinajstić information content (AvgIpc) is 2.62. The van der Waals surface area contributed by atoms with Crippen molar-refractivity contribution in [3.63, 3.8) is 0 Å². The van der Waals surface area contributed by atoms with Crippen LogP contribution in [0.4, 0.5) is 0 Å². The van der Waals surface area contributed by atoms with Gasteiger partial charge in [-0.25, -0.2) is 0 Å². The van der Waals surface area contributed by atoms with E-state index in [1.165, 1.54) is 4.90 Å². The fourth-order valence-electron chi connectivity index (χ4n) is 2.98. The Morgan fingerprint density at radius 2 is 1.75 bits per heavy atom. The molecule has 1 aromatic rings. The first-order valence-corrected chi connectivity index (χ1v) is 8.37. The highest BCUT2D eigenvalue weighted by atomic mass is 16.5. The molecule has 24 heavy (non-hydrogen) atoms. The fourth-order valence-corrected chi connectivity index (χ4v) is 2.98. The Balaban J connectivity index is 1.88. The normalized spacial score (nSPS) is 16.7. The number of morpholine rings is 1. The third-order valence-corrected chi connectivity index (χ3v) is 4.33. The summed E-state index contributed by atoms with van der Waals surface area (Å²) in [6.07, 6.45) is -0.340. The Morgan fingerprint density at radius 1 is 1.12 bits per heavy atom. The summed E-state index contributed by atoms with van der Waals surface area (Å²) < 4.78 is 21.5. The Labute approximate surface area is 143 Å². The molecule has 136 valence electrons. The maximum atomic E-state index is 10.2. The highest BCUT2D eigenvalue weighted by Gasteiger charge is 2.20. The summed E-state index contributed by atoms with van der Waals surface area (Å²) in [5.74, 6) is 2.16. The van der Waals surface area contributed by atoms with Gasteiger partial charge in [0.15, 0.2) is 6.10 Å². The van der Waals surface area contributed by atoms with Gasteiger partial charge in [0.1, 0.15) is 50.0 Å². The van der Waals surface area contributed by atoms with Gasteiger partial charge < -0.3 is 34.3 Å². The Morgan fingerprint density at radius 3 is 2.29 bits per heavy atom. The van der Waals surface area contributed by atoms with E-state index in [4.69, 9.17) is 18.9 Å². The summed E-state index contributed by atoms with van der Waals surface area (Å²) in [6, 6.07) is 3.69.